The topological polar surface area (TPSA) is 64.4 Å². The highest BCUT2D eigenvalue weighted by Gasteiger charge is 2.20. The Labute approximate surface area is 124 Å². The molecule has 1 N–H and O–H groups in total. The number of nitrogens with zero attached hydrogens (tertiary/aromatic N) is 1. The predicted octanol–water partition coefficient (Wildman–Crippen LogP) is 3.98. The van der Waals surface area contributed by atoms with Crippen LogP contribution < -0.4 is 10.1 Å². The molecule has 2 aromatic carbocycles. The van der Waals surface area contributed by atoms with Gasteiger partial charge in [-0.3, -0.25) is 10.1 Å². The fraction of sp³-hybridized carbons (Fsp3) is 0.143. The van der Waals surface area contributed by atoms with Crippen molar-refractivity contribution in [1.82, 2.24) is 0 Å². The SMILES string of the molecule is CNc1cccc(OCc2ccccc2Br)c1[N+](=O)[O-]. The van der Waals surface area contributed by atoms with Gasteiger partial charge in [0.15, 0.2) is 5.75 Å². The maximum Gasteiger partial charge on any atom is 0.333 e. The lowest BCUT2D eigenvalue weighted by Gasteiger charge is -2.10. The van der Waals surface area contributed by atoms with E-state index < -0.39 is 4.92 Å². The van der Waals surface area contributed by atoms with Gasteiger partial charge in [0.05, 0.1) is 4.92 Å². The third-order valence-electron chi connectivity index (χ3n) is 2.79. The highest BCUT2D eigenvalue weighted by molar-refractivity contribution is 9.10. The largest absolute Gasteiger partial charge is 0.482 e. The van der Waals surface area contributed by atoms with Gasteiger partial charge >= 0.3 is 5.69 Å². The van der Waals surface area contributed by atoms with Gasteiger partial charge in [-0.2, -0.15) is 0 Å². The Kier molecular flexibility index (Phi) is 4.57. The zero-order valence-corrected chi connectivity index (χ0v) is 12.4. The molecule has 20 heavy (non-hydrogen) atoms. The Morgan fingerprint density at radius 2 is 2.00 bits per heavy atom. The summed E-state index contributed by atoms with van der Waals surface area (Å²) in [5, 5.41) is 14.0. The molecule has 0 fully saturated rings. The number of nitro benzene ring substituents is 1. The average Bonchev–Trinajstić information content (AvgIpc) is 2.45. The van der Waals surface area contributed by atoms with E-state index in [0.29, 0.717) is 5.69 Å². The second-order valence-corrected chi connectivity index (χ2v) is 4.89. The molecule has 0 bridgehead atoms. The molecule has 0 radical (unpaired) electrons. The fourth-order valence-corrected chi connectivity index (χ4v) is 2.20. The van der Waals surface area contributed by atoms with Crippen LogP contribution in [0.5, 0.6) is 5.75 Å². The lowest BCUT2D eigenvalue weighted by atomic mass is 10.2. The summed E-state index contributed by atoms with van der Waals surface area (Å²) in [6.07, 6.45) is 0. The van der Waals surface area contributed by atoms with Gasteiger partial charge < -0.3 is 10.1 Å². The van der Waals surface area contributed by atoms with Gasteiger partial charge in [0.1, 0.15) is 12.3 Å². The van der Waals surface area contributed by atoms with E-state index in [9.17, 15) is 10.1 Å². The molecule has 104 valence electrons. The third-order valence-corrected chi connectivity index (χ3v) is 3.57. The lowest BCUT2D eigenvalue weighted by Crippen LogP contribution is -2.02. The molecule has 0 atom stereocenters. The Morgan fingerprint density at radius 3 is 2.65 bits per heavy atom. The molecule has 0 spiro atoms. The molecule has 0 unspecified atom stereocenters. The molecular formula is C14H13BrN2O3. The number of anilines is 1. The van der Waals surface area contributed by atoms with Crippen LogP contribution in [0.4, 0.5) is 11.4 Å². The normalized spacial score (nSPS) is 10.1. The van der Waals surface area contributed by atoms with Crippen LogP contribution in [-0.2, 0) is 6.61 Å². The first-order valence-corrected chi connectivity index (χ1v) is 6.74. The van der Waals surface area contributed by atoms with Crippen molar-refractivity contribution in [3.8, 4) is 5.75 Å². The van der Waals surface area contributed by atoms with Crippen LogP contribution in [0.2, 0.25) is 0 Å². The smallest absolute Gasteiger partial charge is 0.333 e. The average molecular weight is 337 g/mol. The summed E-state index contributed by atoms with van der Waals surface area (Å²) >= 11 is 3.42. The maximum atomic E-state index is 11.2. The van der Waals surface area contributed by atoms with Crippen LogP contribution in [-0.4, -0.2) is 12.0 Å². The number of rotatable bonds is 5. The lowest BCUT2D eigenvalue weighted by molar-refractivity contribution is -0.385. The van der Waals surface area contributed by atoms with Crippen molar-refractivity contribution >= 4 is 27.3 Å². The monoisotopic (exact) mass is 336 g/mol. The summed E-state index contributed by atoms with van der Waals surface area (Å²) in [6.45, 7) is 0.259. The summed E-state index contributed by atoms with van der Waals surface area (Å²) in [5.74, 6) is 0.248. The molecule has 0 aromatic heterocycles. The molecule has 2 rings (SSSR count). The Bertz CT molecular complexity index is 632. The number of nitro groups is 1. The van der Waals surface area contributed by atoms with Crippen molar-refractivity contribution in [2.45, 2.75) is 6.61 Å². The summed E-state index contributed by atoms with van der Waals surface area (Å²) < 4.78 is 6.51. The van der Waals surface area contributed by atoms with Gasteiger partial charge in [-0.15, -0.1) is 0 Å². The molecule has 0 aliphatic carbocycles. The predicted molar refractivity (Wildman–Crippen MR) is 81.1 cm³/mol. The van der Waals surface area contributed by atoms with E-state index in [-0.39, 0.29) is 18.0 Å². The summed E-state index contributed by atoms with van der Waals surface area (Å²) in [6, 6.07) is 12.5. The maximum absolute atomic E-state index is 11.2. The van der Waals surface area contributed by atoms with Gasteiger partial charge in [-0.05, 0) is 18.2 Å². The van der Waals surface area contributed by atoms with Gasteiger partial charge in [-0.25, -0.2) is 0 Å². The second-order valence-electron chi connectivity index (χ2n) is 4.04. The van der Waals surface area contributed by atoms with Crippen molar-refractivity contribution in [1.29, 1.82) is 0 Å². The second kappa shape index (κ2) is 6.38. The van der Waals surface area contributed by atoms with Gasteiger partial charge in [0.2, 0.25) is 0 Å². The van der Waals surface area contributed by atoms with Crippen molar-refractivity contribution in [3.63, 3.8) is 0 Å². The zero-order chi connectivity index (χ0) is 14.5. The molecular weight excluding hydrogens is 324 g/mol. The van der Waals surface area contributed by atoms with E-state index in [1.165, 1.54) is 0 Å². The molecule has 0 saturated carbocycles. The molecule has 0 saturated heterocycles. The van der Waals surface area contributed by atoms with E-state index in [0.717, 1.165) is 10.0 Å². The Hall–Kier alpha value is -2.08. The van der Waals surface area contributed by atoms with Crippen molar-refractivity contribution in [3.05, 3.63) is 62.6 Å². The molecule has 0 amide bonds. The van der Waals surface area contributed by atoms with Crippen LogP contribution in [0, 0.1) is 10.1 Å². The van der Waals surface area contributed by atoms with E-state index >= 15 is 0 Å². The first kappa shape index (κ1) is 14.3. The van der Waals surface area contributed by atoms with E-state index in [1.54, 1.807) is 25.2 Å². The van der Waals surface area contributed by atoms with Gasteiger partial charge in [0, 0.05) is 17.1 Å². The highest BCUT2D eigenvalue weighted by atomic mass is 79.9. The minimum absolute atomic E-state index is 0.0537. The van der Waals surface area contributed by atoms with Crippen LogP contribution in [0.15, 0.2) is 46.9 Å². The number of ether oxygens (including phenoxy) is 1. The zero-order valence-electron chi connectivity index (χ0n) is 10.8. The van der Waals surface area contributed by atoms with Gasteiger partial charge in [-0.1, -0.05) is 40.2 Å². The standard InChI is InChI=1S/C14H13BrN2O3/c1-16-12-7-4-8-13(14(12)17(18)19)20-9-10-5-2-3-6-11(10)15/h2-8,16H,9H2,1H3. The number of para-hydroxylation sites is 1. The van der Waals surface area contributed by atoms with E-state index in [4.69, 9.17) is 4.74 Å². The number of nitrogens with one attached hydrogen (secondary N) is 1. The number of hydrogen-bond acceptors (Lipinski definition) is 4. The molecule has 0 heterocycles. The van der Waals surface area contributed by atoms with Crippen molar-refractivity contribution in [2.75, 3.05) is 12.4 Å². The number of hydrogen-bond donors (Lipinski definition) is 1. The Balaban J connectivity index is 2.26. The molecule has 5 nitrogen and oxygen atoms in total. The summed E-state index contributed by atoms with van der Waals surface area (Å²) in [7, 11) is 1.64. The number of halogens is 1. The first-order valence-electron chi connectivity index (χ1n) is 5.95. The molecule has 0 aliphatic rings. The number of benzene rings is 2. The first-order chi connectivity index (χ1) is 9.63. The van der Waals surface area contributed by atoms with Crippen LogP contribution >= 0.6 is 15.9 Å². The van der Waals surface area contributed by atoms with Crippen molar-refractivity contribution in [2.24, 2.45) is 0 Å². The summed E-state index contributed by atoms with van der Waals surface area (Å²) in [5.41, 5.74) is 1.30. The molecule has 6 heteroatoms. The van der Waals surface area contributed by atoms with Gasteiger partial charge in [0.25, 0.3) is 0 Å². The summed E-state index contributed by atoms with van der Waals surface area (Å²) in [4.78, 5) is 10.7. The molecule has 2 aromatic rings. The van der Waals surface area contributed by atoms with Crippen LogP contribution in [0.3, 0.4) is 0 Å². The minimum Gasteiger partial charge on any atom is -0.482 e. The Morgan fingerprint density at radius 1 is 1.25 bits per heavy atom. The fourth-order valence-electron chi connectivity index (χ4n) is 1.80. The highest BCUT2D eigenvalue weighted by Crippen LogP contribution is 2.35. The third kappa shape index (κ3) is 3.08. The van der Waals surface area contributed by atoms with Crippen LogP contribution in [0.25, 0.3) is 0 Å². The minimum atomic E-state index is -0.443. The van der Waals surface area contributed by atoms with Crippen molar-refractivity contribution < 1.29 is 9.66 Å². The molecule has 0 aliphatic heterocycles. The van der Waals surface area contributed by atoms with E-state index in [1.807, 2.05) is 24.3 Å². The quantitative estimate of drug-likeness (QED) is 0.662. The van der Waals surface area contributed by atoms with E-state index in [2.05, 4.69) is 21.2 Å². The van der Waals surface area contributed by atoms with Crippen LogP contribution in [0.1, 0.15) is 5.56 Å².